The molecule has 0 radical (unpaired) electrons. The molecule has 0 saturated heterocycles. The van der Waals surface area contributed by atoms with Crippen molar-refractivity contribution in [1.29, 1.82) is 0 Å². The van der Waals surface area contributed by atoms with Crippen molar-refractivity contribution in [2.75, 3.05) is 0 Å². The summed E-state index contributed by atoms with van der Waals surface area (Å²) < 4.78 is 6.67. The van der Waals surface area contributed by atoms with Gasteiger partial charge in [-0.1, -0.05) is 20.8 Å². The highest BCUT2D eigenvalue weighted by Crippen LogP contribution is 2.45. The second kappa shape index (κ2) is 4.77. The van der Waals surface area contributed by atoms with E-state index in [2.05, 4.69) is 36.7 Å². The van der Waals surface area contributed by atoms with Gasteiger partial charge < -0.3 is 10.2 Å². The molecule has 1 heterocycles. The van der Waals surface area contributed by atoms with E-state index in [1.165, 1.54) is 6.42 Å². The molecular weight excluding hydrogens is 278 g/mol. The third-order valence-electron chi connectivity index (χ3n) is 4.11. The van der Waals surface area contributed by atoms with Crippen LogP contribution >= 0.6 is 15.9 Å². The van der Waals surface area contributed by atoms with E-state index in [0.717, 1.165) is 29.0 Å². The molecule has 3 atom stereocenters. The Morgan fingerprint density at radius 3 is 2.59 bits per heavy atom. The van der Waals surface area contributed by atoms with Crippen molar-refractivity contribution in [3.63, 3.8) is 0 Å². The van der Waals surface area contributed by atoms with E-state index in [-0.39, 0.29) is 6.04 Å². The van der Waals surface area contributed by atoms with Gasteiger partial charge in [-0.25, -0.2) is 0 Å². The first-order chi connectivity index (χ1) is 7.89. The molecule has 2 rings (SSSR count). The van der Waals surface area contributed by atoms with Gasteiger partial charge in [-0.15, -0.1) is 0 Å². The minimum absolute atomic E-state index is 0.232. The Morgan fingerprint density at radius 1 is 1.35 bits per heavy atom. The van der Waals surface area contributed by atoms with Crippen LogP contribution in [0, 0.1) is 11.3 Å². The summed E-state index contributed by atoms with van der Waals surface area (Å²) in [4.78, 5) is 0. The van der Waals surface area contributed by atoms with Crippen molar-refractivity contribution in [1.82, 2.24) is 0 Å². The van der Waals surface area contributed by atoms with E-state index >= 15 is 0 Å². The average Bonchev–Trinajstić information content (AvgIpc) is 2.63. The van der Waals surface area contributed by atoms with Crippen LogP contribution in [0.25, 0.3) is 0 Å². The Labute approximate surface area is 112 Å². The second-order valence-electron chi connectivity index (χ2n) is 6.28. The second-order valence-corrected chi connectivity index (χ2v) is 7.13. The Bertz CT molecular complexity index is 380. The maximum atomic E-state index is 6.26. The fourth-order valence-electron chi connectivity index (χ4n) is 2.85. The molecule has 2 N–H and O–H groups in total. The zero-order valence-corrected chi connectivity index (χ0v) is 12.5. The lowest BCUT2D eigenvalue weighted by molar-refractivity contribution is 0.145. The molecular formula is C14H22BrNO. The summed E-state index contributed by atoms with van der Waals surface area (Å²) in [5.41, 5.74) is 6.62. The van der Waals surface area contributed by atoms with E-state index in [1.54, 1.807) is 6.26 Å². The summed E-state index contributed by atoms with van der Waals surface area (Å²) in [7, 11) is 0. The van der Waals surface area contributed by atoms with Gasteiger partial charge in [0.25, 0.3) is 0 Å². The lowest BCUT2D eigenvalue weighted by Crippen LogP contribution is -2.38. The Balaban J connectivity index is 2.19. The number of hydrogen-bond donors (Lipinski definition) is 1. The molecule has 1 aromatic heterocycles. The van der Waals surface area contributed by atoms with Crippen LogP contribution in [0.3, 0.4) is 0 Å². The van der Waals surface area contributed by atoms with E-state index in [0.29, 0.717) is 11.3 Å². The highest BCUT2D eigenvalue weighted by molar-refractivity contribution is 9.10. The number of furan rings is 1. The molecule has 1 saturated carbocycles. The van der Waals surface area contributed by atoms with E-state index in [1.807, 2.05) is 6.07 Å². The first kappa shape index (κ1) is 13.2. The average molecular weight is 300 g/mol. The van der Waals surface area contributed by atoms with Crippen LogP contribution in [0.5, 0.6) is 0 Å². The zero-order chi connectivity index (χ0) is 12.6. The number of halogens is 1. The van der Waals surface area contributed by atoms with Crippen LogP contribution in [0.4, 0.5) is 0 Å². The van der Waals surface area contributed by atoms with Gasteiger partial charge in [0.1, 0.15) is 5.76 Å². The maximum Gasteiger partial charge on any atom is 0.122 e. The van der Waals surface area contributed by atoms with Crippen LogP contribution in [-0.2, 0) is 0 Å². The van der Waals surface area contributed by atoms with Gasteiger partial charge in [-0.05, 0) is 52.6 Å². The molecule has 0 amide bonds. The molecule has 1 aliphatic carbocycles. The van der Waals surface area contributed by atoms with Crippen LogP contribution in [-0.4, -0.2) is 6.04 Å². The SMILES string of the molecule is CC(C)(C)C1CCC(N)C(c2occc2Br)C1. The highest BCUT2D eigenvalue weighted by atomic mass is 79.9. The molecule has 1 aliphatic rings. The van der Waals surface area contributed by atoms with Crippen molar-refractivity contribution in [2.45, 2.75) is 52.0 Å². The first-order valence-electron chi connectivity index (χ1n) is 6.38. The monoisotopic (exact) mass is 299 g/mol. The van der Waals surface area contributed by atoms with Crippen LogP contribution in [0.1, 0.15) is 51.7 Å². The summed E-state index contributed by atoms with van der Waals surface area (Å²) in [6.45, 7) is 6.97. The third-order valence-corrected chi connectivity index (χ3v) is 4.77. The number of hydrogen-bond acceptors (Lipinski definition) is 2. The van der Waals surface area contributed by atoms with Gasteiger partial charge in [-0.3, -0.25) is 0 Å². The van der Waals surface area contributed by atoms with Gasteiger partial charge in [-0.2, -0.15) is 0 Å². The first-order valence-corrected chi connectivity index (χ1v) is 7.17. The van der Waals surface area contributed by atoms with Crippen molar-refractivity contribution < 1.29 is 4.42 Å². The van der Waals surface area contributed by atoms with E-state index < -0.39 is 0 Å². The van der Waals surface area contributed by atoms with Crippen molar-refractivity contribution in [3.05, 3.63) is 22.6 Å². The molecule has 2 nitrogen and oxygen atoms in total. The fraction of sp³-hybridized carbons (Fsp3) is 0.714. The summed E-state index contributed by atoms with van der Waals surface area (Å²) in [6, 6.07) is 2.19. The fourth-order valence-corrected chi connectivity index (χ4v) is 3.35. The zero-order valence-electron chi connectivity index (χ0n) is 10.9. The largest absolute Gasteiger partial charge is 0.468 e. The van der Waals surface area contributed by atoms with Gasteiger partial charge in [0.15, 0.2) is 0 Å². The lowest BCUT2D eigenvalue weighted by atomic mass is 9.67. The van der Waals surface area contributed by atoms with Crippen LogP contribution < -0.4 is 5.73 Å². The van der Waals surface area contributed by atoms with Crippen molar-refractivity contribution in [2.24, 2.45) is 17.1 Å². The normalized spacial score (nSPS) is 30.5. The summed E-state index contributed by atoms with van der Waals surface area (Å²) >= 11 is 3.55. The molecule has 3 heteroatoms. The topological polar surface area (TPSA) is 39.2 Å². The smallest absolute Gasteiger partial charge is 0.122 e. The Morgan fingerprint density at radius 2 is 2.06 bits per heavy atom. The third kappa shape index (κ3) is 2.76. The molecule has 0 bridgehead atoms. The quantitative estimate of drug-likeness (QED) is 0.840. The lowest BCUT2D eigenvalue weighted by Gasteiger charge is -2.40. The molecule has 1 aromatic rings. The molecule has 0 spiro atoms. The minimum atomic E-state index is 0.232. The van der Waals surface area contributed by atoms with Crippen molar-refractivity contribution >= 4 is 15.9 Å². The molecule has 0 aliphatic heterocycles. The van der Waals surface area contributed by atoms with E-state index in [9.17, 15) is 0 Å². The molecule has 3 unspecified atom stereocenters. The van der Waals surface area contributed by atoms with Crippen LogP contribution in [0.15, 0.2) is 21.2 Å². The van der Waals surface area contributed by atoms with Crippen LogP contribution in [0.2, 0.25) is 0 Å². The predicted octanol–water partition coefficient (Wildman–Crippen LogP) is 4.30. The predicted molar refractivity (Wildman–Crippen MR) is 73.9 cm³/mol. The van der Waals surface area contributed by atoms with Gasteiger partial charge in [0, 0.05) is 12.0 Å². The van der Waals surface area contributed by atoms with Gasteiger partial charge >= 0.3 is 0 Å². The van der Waals surface area contributed by atoms with E-state index in [4.69, 9.17) is 10.2 Å². The minimum Gasteiger partial charge on any atom is -0.468 e. The van der Waals surface area contributed by atoms with Gasteiger partial charge in [0.2, 0.25) is 0 Å². The summed E-state index contributed by atoms with van der Waals surface area (Å²) in [5, 5.41) is 0. The van der Waals surface area contributed by atoms with Gasteiger partial charge in [0.05, 0.1) is 10.7 Å². The highest BCUT2D eigenvalue weighted by Gasteiger charge is 2.37. The Hall–Kier alpha value is -0.280. The number of nitrogens with two attached hydrogens (primary N) is 1. The summed E-state index contributed by atoms with van der Waals surface area (Å²) in [6.07, 6.45) is 5.21. The molecule has 96 valence electrons. The molecule has 17 heavy (non-hydrogen) atoms. The molecule has 0 aromatic carbocycles. The summed E-state index contributed by atoms with van der Waals surface area (Å²) in [5.74, 6) is 2.12. The number of rotatable bonds is 1. The Kier molecular flexibility index (Phi) is 3.69. The molecule has 1 fully saturated rings. The maximum absolute atomic E-state index is 6.26. The standard InChI is InChI=1S/C14H22BrNO/c1-14(2,3)9-4-5-12(16)10(8-9)13-11(15)6-7-17-13/h6-7,9-10,12H,4-5,8,16H2,1-3H3. The van der Waals surface area contributed by atoms with Crippen molar-refractivity contribution in [3.8, 4) is 0 Å².